The Hall–Kier alpha value is -0.380. The average molecular weight is 257 g/mol. The smallest absolute Gasteiger partial charge is 0.0444 e. The van der Waals surface area contributed by atoms with Crippen LogP contribution in [0.5, 0.6) is 0 Å². The average Bonchev–Trinajstić information content (AvgIpc) is 2.21. The number of nitrogens with one attached hydrogen (secondary N) is 1. The van der Waals surface area contributed by atoms with Gasteiger partial charge in [0.2, 0.25) is 0 Å². The van der Waals surface area contributed by atoms with E-state index < -0.39 is 0 Å². The number of hydrogen-bond acceptors (Lipinski definition) is 2. The molecule has 0 aliphatic carbocycles. The summed E-state index contributed by atoms with van der Waals surface area (Å²) in [6, 6.07) is 8.58. The van der Waals surface area contributed by atoms with E-state index in [1.54, 1.807) is 0 Å². The van der Waals surface area contributed by atoms with E-state index in [0.717, 1.165) is 17.4 Å². The van der Waals surface area contributed by atoms with Gasteiger partial charge in [-0.2, -0.15) is 0 Å². The summed E-state index contributed by atoms with van der Waals surface area (Å²) >= 11 is 3.42. The molecule has 1 unspecified atom stereocenters. The second-order valence-electron chi connectivity index (χ2n) is 3.29. The SMILES string of the molecule is CCCNC(CN)c1ccc(Br)cc1. The van der Waals surface area contributed by atoms with Gasteiger partial charge in [-0.1, -0.05) is 35.0 Å². The van der Waals surface area contributed by atoms with E-state index in [0.29, 0.717) is 6.54 Å². The highest BCUT2D eigenvalue weighted by atomic mass is 79.9. The molecule has 0 fully saturated rings. The molecule has 1 atom stereocenters. The first kappa shape index (κ1) is 11.7. The molecule has 3 N–H and O–H groups in total. The van der Waals surface area contributed by atoms with Crippen LogP contribution in [0.2, 0.25) is 0 Å². The second kappa shape index (κ2) is 6.17. The molecule has 0 bridgehead atoms. The summed E-state index contributed by atoms with van der Waals surface area (Å²) in [5, 5.41) is 3.41. The first-order chi connectivity index (χ1) is 6.77. The number of rotatable bonds is 5. The molecular formula is C11H17BrN2. The lowest BCUT2D eigenvalue weighted by Crippen LogP contribution is -2.28. The highest BCUT2D eigenvalue weighted by Gasteiger charge is 2.07. The van der Waals surface area contributed by atoms with Crippen LogP contribution < -0.4 is 11.1 Å². The van der Waals surface area contributed by atoms with Gasteiger partial charge in [0.05, 0.1) is 0 Å². The zero-order valence-electron chi connectivity index (χ0n) is 8.46. The Morgan fingerprint density at radius 1 is 1.36 bits per heavy atom. The molecule has 14 heavy (non-hydrogen) atoms. The molecule has 78 valence electrons. The molecule has 2 nitrogen and oxygen atoms in total. The molecule has 0 spiro atoms. The highest BCUT2D eigenvalue weighted by molar-refractivity contribution is 9.10. The van der Waals surface area contributed by atoms with Crippen LogP contribution in [0.3, 0.4) is 0 Å². The summed E-state index contributed by atoms with van der Waals surface area (Å²) in [6.07, 6.45) is 1.13. The summed E-state index contributed by atoms with van der Waals surface area (Å²) in [6.45, 7) is 3.81. The Morgan fingerprint density at radius 3 is 2.50 bits per heavy atom. The summed E-state index contributed by atoms with van der Waals surface area (Å²) in [4.78, 5) is 0. The molecule has 0 aromatic heterocycles. The highest BCUT2D eigenvalue weighted by Crippen LogP contribution is 2.16. The molecule has 0 amide bonds. The number of nitrogens with two attached hydrogens (primary N) is 1. The lowest BCUT2D eigenvalue weighted by Gasteiger charge is -2.16. The fourth-order valence-corrected chi connectivity index (χ4v) is 1.62. The summed E-state index contributed by atoms with van der Waals surface area (Å²) < 4.78 is 1.10. The van der Waals surface area contributed by atoms with E-state index >= 15 is 0 Å². The van der Waals surface area contributed by atoms with E-state index in [1.165, 1.54) is 5.56 Å². The van der Waals surface area contributed by atoms with E-state index in [4.69, 9.17) is 5.73 Å². The van der Waals surface area contributed by atoms with E-state index in [-0.39, 0.29) is 6.04 Å². The number of hydrogen-bond donors (Lipinski definition) is 2. The van der Waals surface area contributed by atoms with Crippen molar-refractivity contribution in [3.8, 4) is 0 Å². The largest absolute Gasteiger partial charge is 0.329 e. The Kier molecular flexibility index (Phi) is 5.15. The van der Waals surface area contributed by atoms with Crippen molar-refractivity contribution in [3.63, 3.8) is 0 Å². The van der Waals surface area contributed by atoms with Crippen molar-refractivity contribution in [3.05, 3.63) is 34.3 Å². The van der Waals surface area contributed by atoms with Gasteiger partial charge in [0.25, 0.3) is 0 Å². The summed E-state index contributed by atoms with van der Waals surface area (Å²) in [7, 11) is 0. The third-order valence-corrected chi connectivity index (χ3v) is 2.68. The number of halogens is 1. The van der Waals surface area contributed by atoms with Crippen molar-refractivity contribution in [1.82, 2.24) is 5.32 Å². The van der Waals surface area contributed by atoms with Gasteiger partial charge in [-0.3, -0.25) is 0 Å². The lowest BCUT2D eigenvalue weighted by atomic mass is 10.1. The molecule has 0 radical (unpaired) electrons. The van der Waals surface area contributed by atoms with Gasteiger partial charge in [-0.25, -0.2) is 0 Å². The van der Waals surface area contributed by atoms with Crippen molar-refractivity contribution < 1.29 is 0 Å². The zero-order valence-corrected chi connectivity index (χ0v) is 10.0. The van der Waals surface area contributed by atoms with Crippen LogP contribution in [0.1, 0.15) is 24.9 Å². The van der Waals surface area contributed by atoms with Crippen LogP contribution >= 0.6 is 15.9 Å². The van der Waals surface area contributed by atoms with Crippen LogP contribution in [0, 0.1) is 0 Å². The Labute approximate surface area is 94.0 Å². The molecule has 0 aliphatic rings. The number of benzene rings is 1. The van der Waals surface area contributed by atoms with Crippen molar-refractivity contribution in [1.29, 1.82) is 0 Å². The van der Waals surface area contributed by atoms with E-state index in [1.807, 2.05) is 12.1 Å². The van der Waals surface area contributed by atoms with Crippen LogP contribution in [0.4, 0.5) is 0 Å². The molecule has 0 aliphatic heterocycles. The monoisotopic (exact) mass is 256 g/mol. The summed E-state index contributed by atoms with van der Waals surface area (Å²) in [5.41, 5.74) is 6.96. The van der Waals surface area contributed by atoms with E-state index in [9.17, 15) is 0 Å². The molecular weight excluding hydrogens is 240 g/mol. The zero-order chi connectivity index (χ0) is 10.4. The first-order valence-electron chi connectivity index (χ1n) is 4.96. The molecule has 1 rings (SSSR count). The molecule has 0 heterocycles. The third kappa shape index (κ3) is 3.40. The van der Waals surface area contributed by atoms with Gasteiger partial charge in [-0.15, -0.1) is 0 Å². The topological polar surface area (TPSA) is 38.0 Å². The van der Waals surface area contributed by atoms with Crippen molar-refractivity contribution in [2.24, 2.45) is 5.73 Å². The normalized spacial score (nSPS) is 12.8. The van der Waals surface area contributed by atoms with Gasteiger partial charge in [0.1, 0.15) is 0 Å². The Morgan fingerprint density at radius 2 is 2.00 bits per heavy atom. The Balaban J connectivity index is 2.64. The van der Waals surface area contributed by atoms with Gasteiger partial charge >= 0.3 is 0 Å². The van der Waals surface area contributed by atoms with Crippen LogP contribution in [0.25, 0.3) is 0 Å². The van der Waals surface area contributed by atoms with Crippen molar-refractivity contribution in [2.75, 3.05) is 13.1 Å². The van der Waals surface area contributed by atoms with Crippen molar-refractivity contribution >= 4 is 15.9 Å². The first-order valence-corrected chi connectivity index (χ1v) is 5.76. The van der Waals surface area contributed by atoms with Crippen LogP contribution in [-0.2, 0) is 0 Å². The summed E-state index contributed by atoms with van der Waals surface area (Å²) in [5.74, 6) is 0. The molecule has 1 aromatic carbocycles. The van der Waals surface area contributed by atoms with Gasteiger partial charge in [0, 0.05) is 17.1 Å². The minimum atomic E-state index is 0.281. The van der Waals surface area contributed by atoms with E-state index in [2.05, 4.69) is 40.3 Å². The van der Waals surface area contributed by atoms with Gasteiger partial charge in [0.15, 0.2) is 0 Å². The third-order valence-electron chi connectivity index (χ3n) is 2.15. The minimum Gasteiger partial charge on any atom is -0.329 e. The lowest BCUT2D eigenvalue weighted by molar-refractivity contribution is 0.540. The molecule has 1 aromatic rings. The predicted octanol–water partition coefficient (Wildman–Crippen LogP) is 2.45. The quantitative estimate of drug-likeness (QED) is 0.850. The molecule has 0 saturated heterocycles. The van der Waals surface area contributed by atoms with Crippen molar-refractivity contribution in [2.45, 2.75) is 19.4 Å². The second-order valence-corrected chi connectivity index (χ2v) is 4.21. The van der Waals surface area contributed by atoms with Crippen LogP contribution in [-0.4, -0.2) is 13.1 Å². The maximum atomic E-state index is 5.71. The minimum absolute atomic E-state index is 0.281. The molecule has 0 saturated carbocycles. The van der Waals surface area contributed by atoms with Gasteiger partial charge < -0.3 is 11.1 Å². The van der Waals surface area contributed by atoms with Crippen LogP contribution in [0.15, 0.2) is 28.7 Å². The fourth-order valence-electron chi connectivity index (χ4n) is 1.35. The maximum Gasteiger partial charge on any atom is 0.0444 e. The Bertz CT molecular complexity index is 258. The predicted molar refractivity (Wildman–Crippen MR) is 64.2 cm³/mol. The maximum absolute atomic E-state index is 5.71. The van der Waals surface area contributed by atoms with Gasteiger partial charge in [-0.05, 0) is 30.7 Å². The fraction of sp³-hybridized carbons (Fsp3) is 0.455. The standard InChI is InChI=1S/C11H17BrN2/c1-2-7-14-11(8-13)9-3-5-10(12)6-4-9/h3-6,11,14H,2,7-8,13H2,1H3. The molecule has 3 heteroatoms.